The van der Waals surface area contributed by atoms with Crippen LogP contribution in [0.25, 0.3) is 82.3 Å². The van der Waals surface area contributed by atoms with Gasteiger partial charge in [-0.15, -0.1) is 11.3 Å². The Kier molecular flexibility index (Phi) is 6.05. The molecule has 0 saturated heterocycles. The molecule has 3 aromatic heterocycles. The predicted octanol–water partition coefficient (Wildman–Crippen LogP) is 12.1. The van der Waals surface area contributed by atoms with Crippen LogP contribution in [0.15, 0.2) is 145 Å². The molecule has 9 aromatic rings. The van der Waals surface area contributed by atoms with Gasteiger partial charge in [0.2, 0.25) is 0 Å². The van der Waals surface area contributed by atoms with Crippen LogP contribution in [0.5, 0.6) is 0 Å². The van der Waals surface area contributed by atoms with Crippen molar-refractivity contribution in [3.63, 3.8) is 0 Å². The van der Waals surface area contributed by atoms with Crippen molar-refractivity contribution in [3.8, 4) is 22.5 Å². The second kappa shape index (κ2) is 10.4. The van der Waals surface area contributed by atoms with E-state index in [0.29, 0.717) is 0 Å². The molecular weight excluding hydrogens is 579 g/mol. The number of nitrogens with zero attached hydrogens (tertiary/aromatic N) is 3. The fourth-order valence-electron chi connectivity index (χ4n) is 7.26. The highest BCUT2D eigenvalue weighted by Crippen LogP contribution is 2.52. The SMILES string of the molecule is C=Nc1sc2c(c1/C=C\C)c1c3ccccc3n(-c3ccccc3)c1c1c3ccccc3n(-c3ccc(-c4ccccc4)cc3)c21. The third-order valence-corrected chi connectivity index (χ3v) is 10.2. The number of para-hydroxylation sites is 3. The van der Waals surface area contributed by atoms with Crippen molar-refractivity contribution < 1.29 is 0 Å². The van der Waals surface area contributed by atoms with Crippen LogP contribution in [0.2, 0.25) is 0 Å². The number of benzene rings is 6. The van der Waals surface area contributed by atoms with Gasteiger partial charge in [0.1, 0.15) is 5.00 Å². The smallest absolute Gasteiger partial charge is 0.123 e. The molecule has 0 radical (unpaired) electrons. The van der Waals surface area contributed by atoms with E-state index in [9.17, 15) is 0 Å². The molecule has 0 saturated carbocycles. The van der Waals surface area contributed by atoms with Crippen LogP contribution in [0, 0.1) is 0 Å². The molecule has 9 rings (SSSR count). The Balaban J connectivity index is 1.54. The predicted molar refractivity (Wildman–Crippen MR) is 200 cm³/mol. The minimum atomic E-state index is 0.940. The van der Waals surface area contributed by atoms with Gasteiger partial charge in [0.05, 0.1) is 26.8 Å². The molecule has 4 heteroatoms. The number of allylic oxidation sites excluding steroid dienone is 1. The molecule has 0 bridgehead atoms. The van der Waals surface area contributed by atoms with Crippen molar-refractivity contribution in [3.05, 3.63) is 145 Å². The average molecular weight is 608 g/mol. The molecule has 0 amide bonds. The number of thiophene rings is 1. The fraction of sp³-hybridized carbons (Fsp3) is 0.0238. The molecule has 6 aromatic carbocycles. The number of fused-ring (bicyclic) bond motifs is 10. The Hall–Kier alpha value is -5.71. The van der Waals surface area contributed by atoms with Gasteiger partial charge in [0.15, 0.2) is 0 Å². The van der Waals surface area contributed by atoms with Gasteiger partial charge in [0.25, 0.3) is 0 Å². The van der Waals surface area contributed by atoms with E-state index in [1.807, 2.05) is 0 Å². The van der Waals surface area contributed by atoms with E-state index in [0.717, 1.165) is 21.9 Å². The second-order valence-electron chi connectivity index (χ2n) is 11.6. The van der Waals surface area contributed by atoms with Gasteiger partial charge in [-0.2, -0.15) is 0 Å². The van der Waals surface area contributed by atoms with Gasteiger partial charge < -0.3 is 9.13 Å². The van der Waals surface area contributed by atoms with Crippen molar-refractivity contribution in [1.82, 2.24) is 9.13 Å². The number of rotatable bonds is 5. The summed E-state index contributed by atoms with van der Waals surface area (Å²) in [6.45, 7) is 6.09. The molecule has 0 unspecified atom stereocenters. The molecular formula is C42H29N3S. The first-order chi connectivity index (χ1) is 22.8. The van der Waals surface area contributed by atoms with Crippen LogP contribution in [-0.4, -0.2) is 15.9 Å². The van der Waals surface area contributed by atoms with E-state index < -0.39 is 0 Å². The first kappa shape index (κ1) is 26.7. The Labute approximate surface area is 270 Å². The van der Waals surface area contributed by atoms with Crippen molar-refractivity contribution in [1.29, 1.82) is 0 Å². The average Bonchev–Trinajstić information content (AvgIpc) is 3.77. The largest absolute Gasteiger partial charge is 0.309 e. The summed E-state index contributed by atoms with van der Waals surface area (Å²) < 4.78 is 6.13. The van der Waals surface area contributed by atoms with E-state index in [-0.39, 0.29) is 0 Å². The van der Waals surface area contributed by atoms with Crippen LogP contribution in [-0.2, 0) is 0 Å². The summed E-state index contributed by atoms with van der Waals surface area (Å²) in [5.41, 5.74) is 10.6. The van der Waals surface area contributed by atoms with E-state index in [1.54, 1.807) is 11.3 Å². The minimum Gasteiger partial charge on any atom is -0.309 e. The maximum Gasteiger partial charge on any atom is 0.123 e. The van der Waals surface area contributed by atoms with Crippen molar-refractivity contribution in [2.24, 2.45) is 4.99 Å². The van der Waals surface area contributed by atoms with Gasteiger partial charge in [0, 0.05) is 43.9 Å². The highest BCUT2D eigenvalue weighted by atomic mass is 32.1. The maximum atomic E-state index is 4.59. The van der Waals surface area contributed by atoms with Gasteiger partial charge in [-0.3, -0.25) is 4.99 Å². The van der Waals surface area contributed by atoms with Gasteiger partial charge in [-0.1, -0.05) is 109 Å². The first-order valence-corrected chi connectivity index (χ1v) is 16.4. The Morgan fingerprint density at radius 1 is 0.565 bits per heavy atom. The molecule has 0 aliphatic heterocycles. The number of aliphatic imine (C=N–C) groups is 1. The molecule has 218 valence electrons. The van der Waals surface area contributed by atoms with Gasteiger partial charge in [-0.05, 0) is 61.2 Å². The topological polar surface area (TPSA) is 22.2 Å². The summed E-state index contributed by atoms with van der Waals surface area (Å²) in [5.74, 6) is 0. The lowest BCUT2D eigenvalue weighted by atomic mass is 10.0. The summed E-state index contributed by atoms with van der Waals surface area (Å²) in [6, 6.07) is 47.9. The summed E-state index contributed by atoms with van der Waals surface area (Å²) in [4.78, 5) is 4.59. The van der Waals surface area contributed by atoms with E-state index >= 15 is 0 Å². The number of hydrogen-bond donors (Lipinski definition) is 0. The van der Waals surface area contributed by atoms with Crippen molar-refractivity contribution in [2.45, 2.75) is 6.92 Å². The maximum absolute atomic E-state index is 4.59. The normalized spacial score (nSPS) is 12.0. The summed E-state index contributed by atoms with van der Waals surface area (Å²) in [5, 5.41) is 7.12. The second-order valence-corrected chi connectivity index (χ2v) is 12.6. The van der Waals surface area contributed by atoms with Gasteiger partial charge >= 0.3 is 0 Å². The lowest BCUT2D eigenvalue weighted by molar-refractivity contribution is 1.18. The molecule has 46 heavy (non-hydrogen) atoms. The zero-order valence-corrected chi connectivity index (χ0v) is 26.1. The molecule has 3 nitrogen and oxygen atoms in total. The Bertz CT molecular complexity index is 2630. The Morgan fingerprint density at radius 3 is 1.76 bits per heavy atom. The minimum absolute atomic E-state index is 0.940. The third kappa shape index (κ3) is 3.74. The molecule has 0 aliphatic carbocycles. The first-order valence-electron chi connectivity index (χ1n) is 15.5. The lowest BCUT2D eigenvalue weighted by Gasteiger charge is -2.12. The van der Waals surface area contributed by atoms with Crippen LogP contribution in [0.1, 0.15) is 12.5 Å². The molecule has 0 aliphatic rings. The van der Waals surface area contributed by atoms with Crippen molar-refractivity contribution >= 4 is 82.8 Å². The quantitative estimate of drug-likeness (QED) is 0.174. The summed E-state index contributed by atoms with van der Waals surface area (Å²) >= 11 is 1.74. The molecule has 0 spiro atoms. The molecule has 0 N–H and O–H groups in total. The van der Waals surface area contributed by atoms with E-state index in [1.165, 1.54) is 64.8 Å². The van der Waals surface area contributed by atoms with E-state index in [4.69, 9.17) is 0 Å². The lowest BCUT2D eigenvalue weighted by Crippen LogP contribution is -1.96. The molecule has 3 heterocycles. The monoisotopic (exact) mass is 607 g/mol. The van der Waals surface area contributed by atoms with Crippen molar-refractivity contribution in [2.75, 3.05) is 0 Å². The van der Waals surface area contributed by atoms with Crippen LogP contribution in [0.4, 0.5) is 5.00 Å². The highest BCUT2D eigenvalue weighted by Gasteiger charge is 2.27. The third-order valence-electron chi connectivity index (χ3n) is 9.10. The molecule has 0 fully saturated rings. The molecule has 0 atom stereocenters. The van der Waals surface area contributed by atoms with E-state index in [2.05, 4.69) is 173 Å². The van der Waals surface area contributed by atoms with Crippen LogP contribution in [0.3, 0.4) is 0 Å². The number of aromatic nitrogens is 2. The standard InChI is InChI=1S/C42H29N3S/c1-3-14-33-37-36-31-19-10-12-21-34(31)44(29-17-8-5-9-18-29)39(36)38-32-20-11-13-22-35(32)45(40(38)41(37)46-42(33)43-2)30-25-23-28(24-26-30)27-15-6-4-7-16-27/h3-26H,2H2,1H3/b14-3-. The zero-order chi connectivity index (χ0) is 30.8. The highest BCUT2D eigenvalue weighted by molar-refractivity contribution is 7.24. The summed E-state index contributed by atoms with van der Waals surface area (Å²) in [7, 11) is 0. The Morgan fingerprint density at radius 2 is 1.11 bits per heavy atom. The van der Waals surface area contributed by atoms with Gasteiger partial charge in [-0.25, -0.2) is 0 Å². The fourth-order valence-corrected chi connectivity index (χ4v) is 8.40. The number of hydrogen-bond acceptors (Lipinski definition) is 2. The van der Waals surface area contributed by atoms with Crippen LogP contribution >= 0.6 is 11.3 Å². The van der Waals surface area contributed by atoms with Crippen LogP contribution < -0.4 is 0 Å². The zero-order valence-electron chi connectivity index (χ0n) is 25.3. The summed E-state index contributed by atoms with van der Waals surface area (Å²) in [6.07, 6.45) is 4.31.